The lowest BCUT2D eigenvalue weighted by Crippen LogP contribution is -2.45. The maximum atomic E-state index is 12.9. The molecule has 0 aromatic carbocycles. The van der Waals surface area contributed by atoms with Gasteiger partial charge >= 0.3 is 0 Å². The third kappa shape index (κ3) is 3.21. The topological polar surface area (TPSA) is 83.2 Å². The number of carbonyl (C=O) groups is 1. The van der Waals surface area contributed by atoms with Gasteiger partial charge in [0.15, 0.2) is 5.75 Å². The number of fused-ring (bicyclic) bond motifs is 1. The average Bonchev–Trinajstić information content (AvgIpc) is 3.33. The molecule has 1 N–H and O–H groups in total. The van der Waals surface area contributed by atoms with Gasteiger partial charge in [0.05, 0.1) is 37.3 Å². The van der Waals surface area contributed by atoms with Crippen LogP contribution in [0.2, 0.25) is 0 Å². The molecule has 2 aromatic rings. The molecule has 0 unspecified atom stereocenters. The Labute approximate surface area is 152 Å². The molecule has 8 nitrogen and oxygen atoms in total. The molecule has 2 atom stereocenters. The second-order valence-electron chi connectivity index (χ2n) is 6.91. The zero-order chi connectivity index (χ0) is 18.1. The summed E-state index contributed by atoms with van der Waals surface area (Å²) in [6, 6.07) is -0.193. The van der Waals surface area contributed by atoms with E-state index >= 15 is 0 Å². The van der Waals surface area contributed by atoms with Crippen LogP contribution >= 0.6 is 0 Å². The molecule has 0 saturated carbocycles. The summed E-state index contributed by atoms with van der Waals surface area (Å²) in [6.45, 7) is 3.70. The summed E-state index contributed by atoms with van der Waals surface area (Å²) in [6.07, 6.45) is 7.45. The summed E-state index contributed by atoms with van der Waals surface area (Å²) in [5.74, 6) is 0.594. The zero-order valence-corrected chi connectivity index (χ0v) is 15.3. The van der Waals surface area contributed by atoms with E-state index in [1.807, 2.05) is 20.2 Å². The minimum Gasteiger partial charge on any atom is -0.482 e. The van der Waals surface area contributed by atoms with Gasteiger partial charge in [-0.3, -0.25) is 14.2 Å². The van der Waals surface area contributed by atoms with Crippen molar-refractivity contribution >= 4 is 5.91 Å². The molecule has 140 valence electrons. The van der Waals surface area contributed by atoms with E-state index in [1.165, 1.54) is 0 Å². The third-order valence-electron chi connectivity index (χ3n) is 5.10. The summed E-state index contributed by atoms with van der Waals surface area (Å²) in [7, 11) is 1.84. The molecular formula is C18H25N5O3. The molecule has 4 rings (SSSR count). The smallest absolute Gasteiger partial charge is 0.270 e. The standard InChI is InChI=1S/C18H25N5O3/c1-3-23-9-12(8-19-23)26-16-11-25-10-15(16)20-18(24)17-13-6-4-5-7-14(13)21-22(17)2/h8-9,15-16H,3-7,10-11H2,1-2H3,(H,20,24)/t15-,16+/m0/s1. The maximum Gasteiger partial charge on any atom is 0.270 e. The van der Waals surface area contributed by atoms with Gasteiger partial charge in [-0.15, -0.1) is 0 Å². The van der Waals surface area contributed by atoms with Crippen LogP contribution in [0.15, 0.2) is 12.4 Å². The number of ether oxygens (including phenoxy) is 2. The van der Waals surface area contributed by atoms with Crippen LogP contribution in [0.4, 0.5) is 0 Å². The number of hydrogen-bond donors (Lipinski definition) is 1. The van der Waals surface area contributed by atoms with Crippen molar-refractivity contribution in [3.63, 3.8) is 0 Å². The number of amides is 1. The molecule has 1 amide bonds. The number of aromatic nitrogens is 4. The van der Waals surface area contributed by atoms with E-state index in [4.69, 9.17) is 9.47 Å². The Kier molecular flexibility index (Phi) is 4.67. The lowest BCUT2D eigenvalue weighted by atomic mass is 9.95. The van der Waals surface area contributed by atoms with E-state index < -0.39 is 0 Å². The number of rotatable bonds is 5. The molecule has 1 aliphatic heterocycles. The van der Waals surface area contributed by atoms with Crippen molar-refractivity contribution in [3.05, 3.63) is 29.3 Å². The Morgan fingerprint density at radius 1 is 1.38 bits per heavy atom. The maximum absolute atomic E-state index is 12.9. The van der Waals surface area contributed by atoms with Crippen LogP contribution in [-0.2, 0) is 31.2 Å². The van der Waals surface area contributed by atoms with Gasteiger partial charge in [-0.2, -0.15) is 10.2 Å². The molecule has 1 aliphatic carbocycles. The fourth-order valence-electron chi connectivity index (χ4n) is 3.74. The van der Waals surface area contributed by atoms with Crippen LogP contribution < -0.4 is 10.1 Å². The van der Waals surface area contributed by atoms with E-state index in [9.17, 15) is 4.79 Å². The van der Waals surface area contributed by atoms with Crippen molar-refractivity contribution in [2.75, 3.05) is 13.2 Å². The van der Waals surface area contributed by atoms with Crippen LogP contribution in [0.1, 0.15) is 41.5 Å². The van der Waals surface area contributed by atoms with Gasteiger partial charge in [0.25, 0.3) is 5.91 Å². The van der Waals surface area contributed by atoms with Crippen LogP contribution in [0.5, 0.6) is 5.75 Å². The highest BCUT2D eigenvalue weighted by atomic mass is 16.5. The van der Waals surface area contributed by atoms with Gasteiger partial charge in [0, 0.05) is 19.2 Å². The van der Waals surface area contributed by atoms with Crippen molar-refractivity contribution in [1.82, 2.24) is 24.9 Å². The molecule has 1 fully saturated rings. The lowest BCUT2D eigenvalue weighted by molar-refractivity contribution is 0.0893. The van der Waals surface area contributed by atoms with Crippen LogP contribution in [0.3, 0.4) is 0 Å². The van der Waals surface area contributed by atoms with E-state index in [-0.39, 0.29) is 18.1 Å². The van der Waals surface area contributed by atoms with Crippen LogP contribution in [0, 0.1) is 0 Å². The first-order valence-corrected chi connectivity index (χ1v) is 9.28. The molecule has 0 radical (unpaired) electrons. The largest absolute Gasteiger partial charge is 0.482 e. The fraction of sp³-hybridized carbons (Fsp3) is 0.611. The predicted molar refractivity (Wildman–Crippen MR) is 94.2 cm³/mol. The van der Waals surface area contributed by atoms with Crippen molar-refractivity contribution in [1.29, 1.82) is 0 Å². The van der Waals surface area contributed by atoms with Crippen molar-refractivity contribution in [2.45, 2.75) is 51.3 Å². The van der Waals surface area contributed by atoms with Crippen molar-refractivity contribution in [3.8, 4) is 5.75 Å². The molecule has 1 saturated heterocycles. The quantitative estimate of drug-likeness (QED) is 0.864. The molecule has 0 spiro atoms. The Morgan fingerprint density at radius 2 is 2.23 bits per heavy atom. The van der Waals surface area contributed by atoms with Gasteiger partial charge in [0.1, 0.15) is 11.8 Å². The Morgan fingerprint density at radius 3 is 3.04 bits per heavy atom. The fourth-order valence-corrected chi connectivity index (χ4v) is 3.74. The van der Waals surface area contributed by atoms with E-state index in [0.717, 1.165) is 43.5 Å². The highest BCUT2D eigenvalue weighted by Gasteiger charge is 2.34. The number of nitrogens with one attached hydrogen (secondary N) is 1. The number of carbonyl (C=O) groups excluding carboxylic acids is 1. The molecule has 3 heterocycles. The highest BCUT2D eigenvalue weighted by molar-refractivity contribution is 5.94. The summed E-state index contributed by atoms with van der Waals surface area (Å²) in [4.78, 5) is 12.9. The summed E-state index contributed by atoms with van der Waals surface area (Å²) < 4.78 is 15.0. The SMILES string of the molecule is CCn1cc(O[C@@H]2COC[C@@H]2NC(=O)c2c3c(nn2C)CCCC3)cn1. The highest BCUT2D eigenvalue weighted by Crippen LogP contribution is 2.24. The Balaban J connectivity index is 1.46. The Bertz CT molecular complexity index is 797. The third-order valence-corrected chi connectivity index (χ3v) is 5.10. The van der Waals surface area contributed by atoms with E-state index in [1.54, 1.807) is 15.6 Å². The van der Waals surface area contributed by atoms with Crippen LogP contribution in [0.25, 0.3) is 0 Å². The minimum absolute atomic E-state index is 0.100. The summed E-state index contributed by atoms with van der Waals surface area (Å²) in [5.41, 5.74) is 2.83. The number of aryl methyl sites for hydroxylation is 3. The molecule has 26 heavy (non-hydrogen) atoms. The molecule has 2 aromatic heterocycles. The summed E-state index contributed by atoms with van der Waals surface area (Å²) in [5, 5.41) is 11.8. The van der Waals surface area contributed by atoms with Crippen molar-refractivity contribution < 1.29 is 14.3 Å². The predicted octanol–water partition coefficient (Wildman–Crippen LogP) is 1.09. The minimum atomic E-state index is -0.225. The first kappa shape index (κ1) is 17.1. The van der Waals surface area contributed by atoms with E-state index in [2.05, 4.69) is 15.5 Å². The lowest BCUT2D eigenvalue weighted by Gasteiger charge is -2.20. The summed E-state index contributed by atoms with van der Waals surface area (Å²) >= 11 is 0. The van der Waals surface area contributed by atoms with Gasteiger partial charge in [-0.1, -0.05) is 0 Å². The van der Waals surface area contributed by atoms with Gasteiger partial charge in [-0.25, -0.2) is 0 Å². The average molecular weight is 359 g/mol. The Hall–Kier alpha value is -2.35. The molecular weight excluding hydrogens is 334 g/mol. The van der Waals surface area contributed by atoms with E-state index in [0.29, 0.717) is 24.7 Å². The van der Waals surface area contributed by atoms with Gasteiger partial charge in [0.2, 0.25) is 0 Å². The first-order chi connectivity index (χ1) is 12.7. The first-order valence-electron chi connectivity index (χ1n) is 9.28. The van der Waals surface area contributed by atoms with Gasteiger partial charge in [-0.05, 0) is 32.6 Å². The normalized spacial score (nSPS) is 22.2. The van der Waals surface area contributed by atoms with Crippen molar-refractivity contribution in [2.24, 2.45) is 7.05 Å². The zero-order valence-electron chi connectivity index (χ0n) is 15.3. The molecule has 8 heteroatoms. The second-order valence-corrected chi connectivity index (χ2v) is 6.91. The number of hydrogen-bond acceptors (Lipinski definition) is 5. The molecule has 0 bridgehead atoms. The monoisotopic (exact) mass is 359 g/mol. The van der Waals surface area contributed by atoms with Crippen LogP contribution in [-0.4, -0.2) is 50.8 Å². The molecule has 2 aliphatic rings. The second kappa shape index (κ2) is 7.11. The number of nitrogens with zero attached hydrogens (tertiary/aromatic N) is 4. The van der Waals surface area contributed by atoms with Gasteiger partial charge < -0.3 is 14.8 Å².